The zero-order valence-electron chi connectivity index (χ0n) is 12.3. The number of hydrogen-bond acceptors (Lipinski definition) is 3. The fraction of sp³-hybridized carbons (Fsp3) is 0.412. The van der Waals surface area contributed by atoms with Gasteiger partial charge in [0, 0.05) is 5.92 Å². The summed E-state index contributed by atoms with van der Waals surface area (Å²) in [6.07, 6.45) is 8.86. The molecule has 1 saturated carbocycles. The van der Waals surface area contributed by atoms with Crippen molar-refractivity contribution in [3.63, 3.8) is 0 Å². The first-order valence-electron chi connectivity index (χ1n) is 7.46. The molecule has 1 fully saturated rings. The predicted molar refractivity (Wildman–Crippen MR) is 84.4 cm³/mol. The van der Waals surface area contributed by atoms with E-state index in [2.05, 4.69) is 17.1 Å². The minimum atomic E-state index is 0.0388. The van der Waals surface area contributed by atoms with Crippen molar-refractivity contribution in [1.82, 2.24) is 5.43 Å². The summed E-state index contributed by atoms with van der Waals surface area (Å²) in [6.45, 7) is 4.09. The van der Waals surface area contributed by atoms with E-state index in [0.29, 0.717) is 6.61 Å². The van der Waals surface area contributed by atoms with Crippen molar-refractivity contribution in [2.45, 2.75) is 32.1 Å². The molecule has 1 aromatic carbocycles. The van der Waals surface area contributed by atoms with Gasteiger partial charge in [-0.3, -0.25) is 4.79 Å². The molecule has 4 nitrogen and oxygen atoms in total. The lowest BCUT2D eigenvalue weighted by Crippen LogP contribution is -2.28. The standard InChI is InChI=1S/C17H22N2O2/c1-2-12-21-16-10-8-14(9-11-16)13-18-19-17(20)15-6-4-3-5-7-15/h2,8-11,13,15H,1,3-7,12H2,(H,19,20)/b18-13+. The second kappa shape index (κ2) is 8.25. The first-order valence-corrected chi connectivity index (χ1v) is 7.46. The number of hydrogen-bond donors (Lipinski definition) is 1. The molecule has 0 aromatic heterocycles. The van der Waals surface area contributed by atoms with Crippen LogP contribution in [-0.2, 0) is 4.79 Å². The Hall–Kier alpha value is -2.10. The van der Waals surface area contributed by atoms with Crippen LogP contribution in [0.15, 0.2) is 42.0 Å². The third-order valence-electron chi connectivity index (χ3n) is 3.61. The number of carbonyl (C=O) groups is 1. The molecule has 2 rings (SSSR count). The van der Waals surface area contributed by atoms with Crippen LogP contribution in [0, 0.1) is 5.92 Å². The molecular weight excluding hydrogens is 264 g/mol. The third-order valence-corrected chi connectivity index (χ3v) is 3.61. The summed E-state index contributed by atoms with van der Waals surface area (Å²) in [5.41, 5.74) is 3.56. The Bertz CT molecular complexity index is 488. The number of nitrogens with one attached hydrogen (secondary N) is 1. The lowest BCUT2D eigenvalue weighted by Gasteiger charge is -2.19. The van der Waals surface area contributed by atoms with Crippen molar-refractivity contribution in [2.24, 2.45) is 11.0 Å². The van der Waals surface area contributed by atoms with E-state index >= 15 is 0 Å². The van der Waals surface area contributed by atoms with Crippen LogP contribution in [0.4, 0.5) is 0 Å². The summed E-state index contributed by atoms with van der Waals surface area (Å²) in [4.78, 5) is 11.9. The fourth-order valence-corrected chi connectivity index (χ4v) is 2.43. The molecule has 0 radical (unpaired) electrons. The summed E-state index contributed by atoms with van der Waals surface area (Å²) in [5, 5.41) is 4.03. The number of nitrogens with zero attached hydrogens (tertiary/aromatic N) is 1. The van der Waals surface area contributed by atoms with Gasteiger partial charge in [-0.05, 0) is 42.7 Å². The number of ether oxygens (including phenoxy) is 1. The number of benzene rings is 1. The first kappa shape index (κ1) is 15.3. The van der Waals surface area contributed by atoms with Gasteiger partial charge in [0.2, 0.25) is 5.91 Å². The molecule has 1 aliphatic carbocycles. The maximum atomic E-state index is 11.9. The summed E-state index contributed by atoms with van der Waals surface area (Å²) < 4.78 is 5.40. The molecule has 0 atom stereocenters. The molecule has 0 aliphatic heterocycles. The number of rotatable bonds is 6. The molecule has 0 unspecified atom stereocenters. The Balaban J connectivity index is 1.80. The molecular formula is C17H22N2O2. The highest BCUT2D eigenvalue weighted by Crippen LogP contribution is 2.23. The highest BCUT2D eigenvalue weighted by atomic mass is 16.5. The first-order chi connectivity index (χ1) is 10.3. The number of amides is 1. The molecule has 1 amide bonds. The summed E-state index contributed by atoms with van der Waals surface area (Å²) >= 11 is 0. The molecule has 0 saturated heterocycles. The van der Waals surface area contributed by atoms with Crippen LogP contribution in [-0.4, -0.2) is 18.7 Å². The van der Waals surface area contributed by atoms with Crippen molar-refractivity contribution >= 4 is 12.1 Å². The Labute approximate surface area is 125 Å². The van der Waals surface area contributed by atoms with Crippen molar-refractivity contribution in [2.75, 3.05) is 6.61 Å². The molecule has 1 aliphatic rings. The average molecular weight is 286 g/mol. The van der Waals surface area contributed by atoms with Gasteiger partial charge in [-0.1, -0.05) is 31.9 Å². The molecule has 1 N–H and O–H groups in total. The Kier molecular flexibility index (Phi) is 6.00. The lowest BCUT2D eigenvalue weighted by molar-refractivity contribution is -0.125. The second-order valence-electron chi connectivity index (χ2n) is 5.24. The zero-order chi connectivity index (χ0) is 14.9. The van der Waals surface area contributed by atoms with Gasteiger partial charge < -0.3 is 4.74 Å². The van der Waals surface area contributed by atoms with Crippen LogP contribution >= 0.6 is 0 Å². The molecule has 1 aromatic rings. The second-order valence-corrected chi connectivity index (χ2v) is 5.24. The van der Waals surface area contributed by atoms with Crippen LogP contribution in [0.25, 0.3) is 0 Å². The molecule has 21 heavy (non-hydrogen) atoms. The van der Waals surface area contributed by atoms with E-state index in [0.717, 1.165) is 37.0 Å². The van der Waals surface area contributed by atoms with E-state index in [9.17, 15) is 4.79 Å². The van der Waals surface area contributed by atoms with Crippen LogP contribution < -0.4 is 10.2 Å². The Morgan fingerprint density at radius 3 is 2.67 bits per heavy atom. The topological polar surface area (TPSA) is 50.7 Å². The largest absolute Gasteiger partial charge is 0.490 e. The normalized spacial score (nSPS) is 15.8. The molecule has 0 heterocycles. The number of carbonyl (C=O) groups excluding carboxylic acids is 1. The Morgan fingerprint density at radius 2 is 2.00 bits per heavy atom. The van der Waals surface area contributed by atoms with Gasteiger partial charge in [0.1, 0.15) is 12.4 Å². The van der Waals surface area contributed by atoms with E-state index in [1.807, 2.05) is 24.3 Å². The Morgan fingerprint density at radius 1 is 1.29 bits per heavy atom. The monoisotopic (exact) mass is 286 g/mol. The molecule has 0 bridgehead atoms. The van der Waals surface area contributed by atoms with Gasteiger partial charge in [-0.25, -0.2) is 5.43 Å². The van der Waals surface area contributed by atoms with Crippen molar-refractivity contribution < 1.29 is 9.53 Å². The molecule has 0 spiro atoms. The van der Waals surface area contributed by atoms with Crippen LogP contribution in [0.5, 0.6) is 5.75 Å². The van der Waals surface area contributed by atoms with Gasteiger partial charge in [0.25, 0.3) is 0 Å². The van der Waals surface area contributed by atoms with E-state index in [1.165, 1.54) is 6.42 Å². The maximum Gasteiger partial charge on any atom is 0.243 e. The van der Waals surface area contributed by atoms with E-state index in [4.69, 9.17) is 4.74 Å². The lowest BCUT2D eigenvalue weighted by atomic mass is 9.89. The van der Waals surface area contributed by atoms with Gasteiger partial charge >= 0.3 is 0 Å². The highest BCUT2D eigenvalue weighted by Gasteiger charge is 2.20. The quantitative estimate of drug-likeness (QED) is 0.495. The minimum Gasteiger partial charge on any atom is -0.490 e. The van der Waals surface area contributed by atoms with E-state index in [-0.39, 0.29) is 11.8 Å². The van der Waals surface area contributed by atoms with Crippen LogP contribution in [0.2, 0.25) is 0 Å². The third kappa shape index (κ3) is 5.06. The van der Waals surface area contributed by atoms with E-state index in [1.54, 1.807) is 12.3 Å². The average Bonchev–Trinajstić information content (AvgIpc) is 2.55. The molecule has 112 valence electrons. The summed E-state index contributed by atoms with van der Waals surface area (Å²) in [6, 6.07) is 7.53. The van der Waals surface area contributed by atoms with Gasteiger partial charge in [-0.15, -0.1) is 0 Å². The van der Waals surface area contributed by atoms with Gasteiger partial charge in [0.15, 0.2) is 0 Å². The summed E-state index contributed by atoms with van der Waals surface area (Å²) in [5.74, 6) is 0.959. The predicted octanol–water partition coefficient (Wildman–Crippen LogP) is 3.28. The van der Waals surface area contributed by atoms with Crippen molar-refractivity contribution in [3.05, 3.63) is 42.5 Å². The zero-order valence-corrected chi connectivity index (χ0v) is 12.3. The van der Waals surface area contributed by atoms with Gasteiger partial charge in [0.05, 0.1) is 6.21 Å². The van der Waals surface area contributed by atoms with Crippen molar-refractivity contribution in [3.8, 4) is 5.75 Å². The minimum absolute atomic E-state index is 0.0388. The van der Waals surface area contributed by atoms with Crippen molar-refractivity contribution in [1.29, 1.82) is 0 Å². The fourth-order valence-electron chi connectivity index (χ4n) is 2.43. The summed E-state index contributed by atoms with van der Waals surface area (Å²) in [7, 11) is 0. The smallest absolute Gasteiger partial charge is 0.243 e. The maximum absolute atomic E-state index is 11.9. The van der Waals surface area contributed by atoms with E-state index < -0.39 is 0 Å². The number of hydrazone groups is 1. The van der Waals surface area contributed by atoms with Gasteiger partial charge in [-0.2, -0.15) is 5.10 Å². The van der Waals surface area contributed by atoms with Crippen LogP contribution in [0.1, 0.15) is 37.7 Å². The SMILES string of the molecule is C=CCOc1ccc(/C=N/NC(=O)C2CCCCC2)cc1. The molecule has 4 heteroatoms. The van der Waals surface area contributed by atoms with Crippen LogP contribution in [0.3, 0.4) is 0 Å². The highest BCUT2D eigenvalue weighted by molar-refractivity contribution is 5.83.